The fraction of sp³-hybridized carbons (Fsp3) is 0.516. The predicted molar refractivity (Wildman–Crippen MR) is 159 cm³/mol. The molecule has 2 aromatic rings. The molecular weight excluding hydrogens is 575 g/mol. The summed E-state index contributed by atoms with van der Waals surface area (Å²) in [6, 6.07) is 7.60. The van der Waals surface area contributed by atoms with Crippen molar-refractivity contribution in [1.82, 2.24) is 10.6 Å². The molecule has 12 heteroatoms. The van der Waals surface area contributed by atoms with Gasteiger partial charge in [-0.1, -0.05) is 19.1 Å². The molecule has 0 saturated heterocycles. The summed E-state index contributed by atoms with van der Waals surface area (Å²) in [6.45, 7) is 5.57. The Morgan fingerprint density at radius 2 is 1.63 bits per heavy atom. The highest BCUT2D eigenvalue weighted by Crippen LogP contribution is 2.47. The van der Waals surface area contributed by atoms with Crippen LogP contribution in [0.25, 0.3) is 0 Å². The molecule has 43 heavy (non-hydrogen) atoms. The summed E-state index contributed by atoms with van der Waals surface area (Å²) in [5.74, 6) is -2.37. The maximum absolute atomic E-state index is 15.5. The van der Waals surface area contributed by atoms with Crippen LogP contribution in [0.5, 0.6) is 5.75 Å². The molecule has 0 unspecified atom stereocenters. The van der Waals surface area contributed by atoms with E-state index < -0.39 is 44.8 Å². The zero-order valence-electron chi connectivity index (χ0n) is 24.7. The minimum Gasteiger partial charge on any atom is -0.491 e. The number of nitrogens with one attached hydrogen (secondary N) is 2. The number of carbonyl (C=O) groups is 3. The minimum atomic E-state index is -4.14. The van der Waals surface area contributed by atoms with Crippen LogP contribution in [0, 0.1) is 5.82 Å². The molecule has 1 aliphatic heterocycles. The van der Waals surface area contributed by atoms with Crippen molar-refractivity contribution in [3.05, 3.63) is 53.3 Å². The van der Waals surface area contributed by atoms with Crippen molar-refractivity contribution in [2.24, 2.45) is 5.73 Å². The van der Waals surface area contributed by atoms with Crippen LogP contribution in [0.1, 0.15) is 81.6 Å². The second-order valence-corrected chi connectivity index (χ2v) is 14.3. The zero-order valence-corrected chi connectivity index (χ0v) is 25.6. The summed E-state index contributed by atoms with van der Waals surface area (Å²) >= 11 is 0. The van der Waals surface area contributed by atoms with E-state index in [-0.39, 0.29) is 40.2 Å². The maximum Gasteiger partial charge on any atom is 0.254 e. The van der Waals surface area contributed by atoms with Crippen LogP contribution < -0.4 is 26.0 Å². The van der Waals surface area contributed by atoms with Gasteiger partial charge in [0.25, 0.3) is 5.91 Å². The third-order valence-corrected chi connectivity index (χ3v) is 10.7. The molecule has 1 heterocycles. The second-order valence-electron chi connectivity index (χ2n) is 12.3. The van der Waals surface area contributed by atoms with Crippen molar-refractivity contribution in [2.45, 2.75) is 100 Å². The Kier molecular flexibility index (Phi) is 8.30. The lowest BCUT2D eigenvalue weighted by Gasteiger charge is -2.53. The van der Waals surface area contributed by atoms with Gasteiger partial charge >= 0.3 is 0 Å². The van der Waals surface area contributed by atoms with Gasteiger partial charge < -0.3 is 26.0 Å². The SMILES string of the molecule is CCC(=O)NC12CCC(NC(=O)c3cc4c(cc3F)S(=O)(=O)C[C@H](N)C(=O)N4Cc3ccc(OC(C)C)cc3)(CC1)CC2. The standard InChI is InChI=1S/C31H39FN4O6S/c1-4-27(37)34-30-9-12-31(13-10-30,14-11-30)35-28(38)22-15-25-26(16-23(22)32)43(40,41)18-24(33)29(39)36(25)17-20-5-7-21(8-6-20)42-19(2)3/h5-8,15-16,19,24H,4,9-14,17-18,33H2,1-3H3,(H,34,37)(H,35,38)/t24-,30?,31?/m0/s1. The molecule has 4 N–H and O–H groups in total. The molecule has 1 atom stereocenters. The van der Waals surface area contributed by atoms with Crippen LogP contribution in [0.4, 0.5) is 10.1 Å². The monoisotopic (exact) mass is 614 g/mol. The number of nitrogens with two attached hydrogens (primary N) is 1. The molecule has 3 saturated carbocycles. The number of fused-ring (bicyclic) bond motifs is 4. The van der Waals surface area contributed by atoms with Crippen molar-refractivity contribution in [2.75, 3.05) is 10.7 Å². The lowest BCUT2D eigenvalue weighted by molar-refractivity contribution is -0.124. The van der Waals surface area contributed by atoms with Crippen LogP contribution in [-0.4, -0.2) is 55.1 Å². The predicted octanol–water partition coefficient (Wildman–Crippen LogP) is 3.36. The van der Waals surface area contributed by atoms with E-state index in [1.54, 1.807) is 24.3 Å². The largest absolute Gasteiger partial charge is 0.491 e. The summed E-state index contributed by atoms with van der Waals surface area (Å²) in [5, 5.41) is 6.18. The first-order valence-electron chi connectivity index (χ1n) is 14.8. The maximum atomic E-state index is 15.5. The van der Waals surface area contributed by atoms with Gasteiger partial charge in [0.05, 0.1) is 40.6 Å². The number of sulfone groups is 1. The first-order valence-corrected chi connectivity index (χ1v) is 16.4. The third-order valence-electron chi connectivity index (χ3n) is 8.89. The van der Waals surface area contributed by atoms with Crippen LogP contribution in [0.2, 0.25) is 0 Å². The Morgan fingerprint density at radius 1 is 1.05 bits per heavy atom. The molecule has 3 fully saturated rings. The van der Waals surface area contributed by atoms with Gasteiger partial charge in [-0.3, -0.25) is 14.4 Å². The second kappa shape index (κ2) is 11.5. The molecule has 0 spiro atoms. The summed E-state index contributed by atoms with van der Waals surface area (Å²) in [7, 11) is -4.14. The normalized spacial score (nSPS) is 26.0. The smallest absolute Gasteiger partial charge is 0.254 e. The highest BCUT2D eigenvalue weighted by molar-refractivity contribution is 7.91. The van der Waals surface area contributed by atoms with E-state index >= 15 is 4.39 Å². The van der Waals surface area contributed by atoms with E-state index in [9.17, 15) is 22.8 Å². The number of rotatable bonds is 8. The van der Waals surface area contributed by atoms with E-state index in [2.05, 4.69) is 10.6 Å². The minimum absolute atomic E-state index is 0.000842. The molecule has 2 aromatic carbocycles. The van der Waals surface area contributed by atoms with Crippen LogP contribution in [0.3, 0.4) is 0 Å². The molecule has 2 bridgehead atoms. The van der Waals surface area contributed by atoms with Gasteiger partial charge in [0, 0.05) is 17.5 Å². The summed E-state index contributed by atoms with van der Waals surface area (Å²) in [4.78, 5) is 39.9. The molecule has 10 nitrogen and oxygen atoms in total. The molecule has 6 rings (SSSR count). The molecule has 3 amide bonds. The molecule has 0 radical (unpaired) electrons. The average molecular weight is 615 g/mol. The Labute approximate surface area is 251 Å². The fourth-order valence-electron chi connectivity index (χ4n) is 6.44. The Balaban J connectivity index is 1.44. The Morgan fingerprint density at radius 3 is 2.19 bits per heavy atom. The van der Waals surface area contributed by atoms with Crippen molar-refractivity contribution in [3.63, 3.8) is 0 Å². The number of amides is 3. The summed E-state index contributed by atoms with van der Waals surface area (Å²) in [6.07, 6.45) is 4.35. The molecule has 0 aromatic heterocycles. The van der Waals surface area contributed by atoms with Gasteiger partial charge in [0.1, 0.15) is 11.6 Å². The first-order chi connectivity index (χ1) is 20.3. The van der Waals surface area contributed by atoms with Gasteiger partial charge in [-0.05, 0) is 82.2 Å². The number of anilines is 1. The topological polar surface area (TPSA) is 148 Å². The summed E-state index contributed by atoms with van der Waals surface area (Å²) in [5.41, 5.74) is 5.42. The zero-order chi connectivity index (χ0) is 31.2. The number of halogens is 1. The van der Waals surface area contributed by atoms with E-state index in [4.69, 9.17) is 10.5 Å². The quantitative estimate of drug-likeness (QED) is 0.413. The van der Waals surface area contributed by atoms with Gasteiger partial charge in [0.15, 0.2) is 9.84 Å². The van der Waals surface area contributed by atoms with Crippen LogP contribution in [0.15, 0.2) is 41.3 Å². The first kappa shape index (κ1) is 30.9. The molecule has 3 aliphatic carbocycles. The molecule has 232 valence electrons. The van der Waals surface area contributed by atoms with Crippen LogP contribution >= 0.6 is 0 Å². The lowest BCUT2D eigenvalue weighted by atomic mass is 9.61. The Hall–Kier alpha value is -3.51. The number of ether oxygens (including phenoxy) is 1. The van der Waals surface area contributed by atoms with Crippen molar-refractivity contribution < 1.29 is 31.9 Å². The van der Waals surface area contributed by atoms with E-state index in [1.807, 2.05) is 20.8 Å². The highest BCUT2D eigenvalue weighted by Gasteiger charge is 2.50. The third kappa shape index (κ3) is 6.26. The van der Waals surface area contributed by atoms with Crippen molar-refractivity contribution in [1.29, 1.82) is 0 Å². The highest BCUT2D eigenvalue weighted by atomic mass is 32.2. The van der Waals surface area contributed by atoms with Crippen molar-refractivity contribution in [3.8, 4) is 5.75 Å². The van der Waals surface area contributed by atoms with E-state index in [1.165, 1.54) is 4.90 Å². The number of hydrogen-bond acceptors (Lipinski definition) is 7. The van der Waals surface area contributed by atoms with Crippen molar-refractivity contribution >= 4 is 33.2 Å². The van der Waals surface area contributed by atoms with E-state index in [0.29, 0.717) is 56.3 Å². The number of carbonyl (C=O) groups excluding carboxylic acids is 3. The van der Waals surface area contributed by atoms with Gasteiger partial charge in [-0.2, -0.15) is 0 Å². The number of benzene rings is 2. The molecule has 4 aliphatic rings. The Bertz CT molecular complexity index is 1520. The number of nitrogens with zero attached hydrogens (tertiary/aromatic N) is 1. The molecular formula is C31H39FN4O6S. The summed E-state index contributed by atoms with van der Waals surface area (Å²) < 4.78 is 47.6. The van der Waals surface area contributed by atoms with Gasteiger partial charge in [-0.15, -0.1) is 0 Å². The lowest BCUT2D eigenvalue weighted by Crippen LogP contribution is -2.63. The number of hydrogen-bond donors (Lipinski definition) is 3. The van der Waals surface area contributed by atoms with Gasteiger partial charge in [-0.25, -0.2) is 12.8 Å². The van der Waals surface area contributed by atoms with Gasteiger partial charge in [0.2, 0.25) is 11.8 Å². The fourth-order valence-corrected chi connectivity index (χ4v) is 8.00. The van der Waals surface area contributed by atoms with E-state index in [0.717, 1.165) is 12.1 Å². The van der Waals surface area contributed by atoms with Crippen LogP contribution in [-0.2, 0) is 26.0 Å². The average Bonchev–Trinajstić information content (AvgIpc) is 3.02.